The Morgan fingerprint density at radius 1 is 1.10 bits per heavy atom. The minimum atomic E-state index is -4.62. The average molecular weight is 411 g/mol. The Labute approximate surface area is 165 Å². The molecule has 1 saturated carbocycles. The fraction of sp³-hybridized carbons (Fsp3) is 0.400. The van der Waals surface area contributed by atoms with Gasteiger partial charge in [0.1, 0.15) is 5.82 Å². The molecule has 0 aliphatic heterocycles. The molecule has 0 radical (unpaired) electrons. The lowest BCUT2D eigenvalue weighted by Crippen LogP contribution is -2.41. The smallest absolute Gasteiger partial charge is 0.374 e. The highest BCUT2D eigenvalue weighted by atomic mass is 19.4. The molecule has 0 unspecified atom stereocenters. The van der Waals surface area contributed by atoms with Gasteiger partial charge < -0.3 is 15.4 Å². The molecule has 1 aliphatic rings. The molecule has 0 bridgehead atoms. The lowest BCUT2D eigenvalue weighted by molar-refractivity contribution is -0.137. The summed E-state index contributed by atoms with van der Waals surface area (Å²) in [6, 6.07) is 4.78. The zero-order valence-electron chi connectivity index (χ0n) is 15.5. The van der Waals surface area contributed by atoms with E-state index in [0.29, 0.717) is 37.6 Å². The first kappa shape index (κ1) is 21.0. The second-order valence-corrected chi connectivity index (χ2v) is 6.93. The molecule has 29 heavy (non-hydrogen) atoms. The van der Waals surface area contributed by atoms with Crippen molar-refractivity contribution in [1.29, 1.82) is 0 Å². The van der Waals surface area contributed by atoms with Crippen molar-refractivity contribution in [3.63, 3.8) is 0 Å². The highest BCUT2D eigenvalue weighted by Crippen LogP contribution is 2.31. The Hall–Kier alpha value is -2.68. The lowest BCUT2D eigenvalue weighted by atomic mass is 9.93. The van der Waals surface area contributed by atoms with Gasteiger partial charge in [0.05, 0.1) is 24.0 Å². The standard InChI is InChI=1S/C20H21F4N3O2/c21-17-6-1-14(20(22,23)24)11-18(17)27-19(28)26-15-2-4-16(5-3-15)29-12-13-7-9-25-10-8-13/h1,6-11,15-16H,2-5,12H2,(H2,26,27,28)/t15-,16-. The molecule has 9 heteroatoms. The molecule has 1 aliphatic carbocycles. The van der Waals surface area contributed by atoms with E-state index in [2.05, 4.69) is 15.6 Å². The first-order valence-electron chi connectivity index (χ1n) is 9.26. The molecule has 2 N–H and O–H groups in total. The first-order valence-corrected chi connectivity index (χ1v) is 9.26. The van der Waals surface area contributed by atoms with Crippen LogP contribution < -0.4 is 10.6 Å². The van der Waals surface area contributed by atoms with Crippen molar-refractivity contribution < 1.29 is 27.1 Å². The number of hydrogen-bond acceptors (Lipinski definition) is 3. The van der Waals surface area contributed by atoms with Crippen LogP contribution in [0.25, 0.3) is 0 Å². The van der Waals surface area contributed by atoms with Gasteiger partial charge in [-0.05, 0) is 61.6 Å². The number of ether oxygens (including phenoxy) is 1. The average Bonchev–Trinajstić information content (AvgIpc) is 2.69. The van der Waals surface area contributed by atoms with Gasteiger partial charge in [-0.1, -0.05) is 0 Å². The zero-order valence-corrected chi connectivity index (χ0v) is 15.5. The first-order chi connectivity index (χ1) is 13.8. The van der Waals surface area contributed by atoms with Crippen LogP contribution in [0, 0.1) is 5.82 Å². The van der Waals surface area contributed by atoms with Crippen molar-refractivity contribution in [2.24, 2.45) is 0 Å². The van der Waals surface area contributed by atoms with E-state index in [4.69, 9.17) is 4.74 Å². The number of carbonyl (C=O) groups excluding carboxylic acids is 1. The highest BCUT2D eigenvalue weighted by molar-refractivity contribution is 5.89. The minimum absolute atomic E-state index is 0.0742. The van der Waals surface area contributed by atoms with Crippen LogP contribution in [0.2, 0.25) is 0 Å². The largest absolute Gasteiger partial charge is 0.416 e. The summed E-state index contributed by atoms with van der Waals surface area (Å²) in [5.74, 6) is -0.929. The number of urea groups is 1. The van der Waals surface area contributed by atoms with Gasteiger partial charge in [0, 0.05) is 18.4 Å². The Bertz CT molecular complexity index is 822. The van der Waals surface area contributed by atoms with Crippen LogP contribution in [0.4, 0.5) is 28.0 Å². The molecule has 5 nitrogen and oxygen atoms in total. The molecule has 1 aromatic carbocycles. The predicted octanol–water partition coefficient (Wildman–Crippen LogP) is 4.89. The van der Waals surface area contributed by atoms with Gasteiger partial charge in [-0.2, -0.15) is 13.2 Å². The van der Waals surface area contributed by atoms with E-state index < -0.39 is 29.3 Å². The van der Waals surface area contributed by atoms with E-state index in [9.17, 15) is 22.4 Å². The quantitative estimate of drug-likeness (QED) is 0.689. The monoisotopic (exact) mass is 411 g/mol. The summed E-state index contributed by atoms with van der Waals surface area (Å²) in [4.78, 5) is 16.0. The number of hydrogen-bond donors (Lipinski definition) is 2. The van der Waals surface area contributed by atoms with Crippen molar-refractivity contribution in [3.05, 3.63) is 59.7 Å². The maximum atomic E-state index is 13.7. The number of carbonyl (C=O) groups is 1. The fourth-order valence-corrected chi connectivity index (χ4v) is 3.21. The molecule has 2 amide bonds. The molecule has 1 aromatic heterocycles. The summed E-state index contributed by atoms with van der Waals surface area (Å²) >= 11 is 0. The van der Waals surface area contributed by atoms with Crippen LogP contribution in [0.3, 0.4) is 0 Å². The fourth-order valence-electron chi connectivity index (χ4n) is 3.21. The molecule has 3 rings (SSSR count). The molecule has 0 saturated heterocycles. The Balaban J connectivity index is 1.45. The second kappa shape index (κ2) is 9.21. The third kappa shape index (κ3) is 6.15. The number of amides is 2. The number of nitrogens with zero attached hydrogens (tertiary/aromatic N) is 1. The van der Waals surface area contributed by atoms with E-state index in [1.807, 2.05) is 12.1 Å². The summed E-state index contributed by atoms with van der Waals surface area (Å²) < 4.78 is 57.9. The maximum Gasteiger partial charge on any atom is 0.416 e. The van der Waals surface area contributed by atoms with E-state index in [-0.39, 0.29) is 12.1 Å². The van der Waals surface area contributed by atoms with Crippen molar-refractivity contribution in [2.75, 3.05) is 5.32 Å². The van der Waals surface area contributed by atoms with Crippen molar-refractivity contribution >= 4 is 11.7 Å². The van der Waals surface area contributed by atoms with Crippen LogP contribution in [0.5, 0.6) is 0 Å². The van der Waals surface area contributed by atoms with E-state index in [1.54, 1.807) is 12.4 Å². The van der Waals surface area contributed by atoms with Gasteiger partial charge in [0.2, 0.25) is 0 Å². The summed E-state index contributed by atoms with van der Waals surface area (Å²) in [6.07, 6.45) is 1.68. The third-order valence-electron chi connectivity index (χ3n) is 4.79. The van der Waals surface area contributed by atoms with Gasteiger partial charge in [-0.25, -0.2) is 9.18 Å². The number of rotatable bonds is 5. The molecular formula is C20H21F4N3O2. The zero-order chi connectivity index (χ0) is 20.9. The van der Waals surface area contributed by atoms with Gasteiger partial charge >= 0.3 is 12.2 Å². The SMILES string of the molecule is O=C(Nc1cc(C(F)(F)F)ccc1F)N[C@H]1CC[C@H](OCc2ccncc2)CC1. The van der Waals surface area contributed by atoms with Gasteiger partial charge in [-0.3, -0.25) is 4.98 Å². The summed E-state index contributed by atoms with van der Waals surface area (Å²) in [7, 11) is 0. The molecule has 0 spiro atoms. The van der Waals surface area contributed by atoms with Crippen molar-refractivity contribution in [3.8, 4) is 0 Å². The summed E-state index contributed by atoms with van der Waals surface area (Å²) in [5.41, 5.74) is -0.504. The van der Waals surface area contributed by atoms with Crippen LogP contribution >= 0.6 is 0 Å². The number of pyridine rings is 1. The molecule has 2 aromatic rings. The Kier molecular flexibility index (Phi) is 6.68. The molecule has 0 atom stereocenters. The summed E-state index contributed by atoms with van der Waals surface area (Å²) in [5, 5.41) is 4.85. The van der Waals surface area contributed by atoms with Crippen LogP contribution in [0.1, 0.15) is 36.8 Å². The minimum Gasteiger partial charge on any atom is -0.374 e. The summed E-state index contributed by atoms with van der Waals surface area (Å²) in [6.45, 7) is 0.487. The van der Waals surface area contributed by atoms with Gasteiger partial charge in [0.15, 0.2) is 0 Å². The van der Waals surface area contributed by atoms with Gasteiger partial charge in [-0.15, -0.1) is 0 Å². The number of aromatic nitrogens is 1. The van der Waals surface area contributed by atoms with Crippen molar-refractivity contribution in [1.82, 2.24) is 10.3 Å². The number of benzene rings is 1. The number of nitrogens with one attached hydrogen (secondary N) is 2. The lowest BCUT2D eigenvalue weighted by Gasteiger charge is -2.29. The third-order valence-corrected chi connectivity index (χ3v) is 4.79. The van der Waals surface area contributed by atoms with Crippen LogP contribution in [0.15, 0.2) is 42.7 Å². The number of alkyl halides is 3. The molecule has 1 fully saturated rings. The van der Waals surface area contributed by atoms with E-state index >= 15 is 0 Å². The topological polar surface area (TPSA) is 63.2 Å². The maximum absolute atomic E-state index is 13.7. The number of halogens is 4. The van der Waals surface area contributed by atoms with Crippen molar-refractivity contribution in [2.45, 2.75) is 50.6 Å². The number of anilines is 1. The Morgan fingerprint density at radius 3 is 2.45 bits per heavy atom. The normalized spacial score (nSPS) is 19.6. The Morgan fingerprint density at radius 2 is 1.79 bits per heavy atom. The predicted molar refractivity (Wildman–Crippen MR) is 98.6 cm³/mol. The van der Waals surface area contributed by atoms with E-state index in [1.165, 1.54) is 0 Å². The van der Waals surface area contributed by atoms with Crippen LogP contribution in [-0.4, -0.2) is 23.2 Å². The highest BCUT2D eigenvalue weighted by Gasteiger charge is 2.31. The molecule has 1 heterocycles. The van der Waals surface area contributed by atoms with E-state index in [0.717, 1.165) is 18.4 Å². The van der Waals surface area contributed by atoms with Gasteiger partial charge in [0.25, 0.3) is 0 Å². The molecular weight excluding hydrogens is 390 g/mol. The second-order valence-electron chi connectivity index (χ2n) is 6.93. The van der Waals surface area contributed by atoms with Crippen LogP contribution in [-0.2, 0) is 17.5 Å². The molecule has 156 valence electrons.